The van der Waals surface area contributed by atoms with E-state index in [0.717, 1.165) is 43.7 Å². The van der Waals surface area contributed by atoms with E-state index in [4.69, 9.17) is 0 Å². The van der Waals surface area contributed by atoms with Crippen LogP contribution in [0, 0.1) is 5.92 Å². The van der Waals surface area contributed by atoms with Gasteiger partial charge >= 0.3 is 0 Å². The lowest BCUT2D eigenvalue weighted by Gasteiger charge is -2.32. The van der Waals surface area contributed by atoms with Crippen LogP contribution in [0.3, 0.4) is 0 Å². The number of carbonyl (C=O) groups excluding carboxylic acids is 2. The molecular formula is C21H25N5O2. The number of carbonyl (C=O) groups is 2. The summed E-state index contributed by atoms with van der Waals surface area (Å²) in [5.74, 6) is 1.21. The Kier molecular flexibility index (Phi) is 4.37. The quantitative estimate of drug-likeness (QED) is 0.864. The average Bonchev–Trinajstić information content (AvgIpc) is 3.39. The van der Waals surface area contributed by atoms with E-state index in [1.54, 1.807) is 0 Å². The van der Waals surface area contributed by atoms with Crippen LogP contribution in [-0.4, -0.2) is 44.8 Å². The molecule has 2 amide bonds. The molecule has 28 heavy (non-hydrogen) atoms. The van der Waals surface area contributed by atoms with Gasteiger partial charge in [0.1, 0.15) is 0 Å². The topological polar surface area (TPSA) is 80.1 Å². The van der Waals surface area contributed by atoms with E-state index in [-0.39, 0.29) is 17.9 Å². The zero-order valence-corrected chi connectivity index (χ0v) is 15.9. The van der Waals surface area contributed by atoms with Crippen LogP contribution in [0.2, 0.25) is 0 Å². The Balaban J connectivity index is 1.13. The first-order valence-electron chi connectivity index (χ1n) is 10.2. The Morgan fingerprint density at radius 1 is 1.14 bits per heavy atom. The predicted octanol–water partition coefficient (Wildman–Crippen LogP) is 2.27. The molecule has 1 saturated heterocycles. The fourth-order valence-corrected chi connectivity index (χ4v) is 4.38. The molecule has 3 aliphatic rings. The lowest BCUT2D eigenvalue weighted by Crippen LogP contribution is -2.40. The molecule has 1 aromatic carbocycles. The van der Waals surface area contributed by atoms with Gasteiger partial charge in [-0.25, -0.2) is 0 Å². The molecule has 1 aliphatic carbocycles. The molecule has 1 saturated carbocycles. The highest BCUT2D eigenvalue weighted by Crippen LogP contribution is 2.38. The maximum Gasteiger partial charge on any atom is 0.252 e. The van der Waals surface area contributed by atoms with Crippen molar-refractivity contribution < 1.29 is 9.59 Å². The molecule has 2 aromatic rings. The molecule has 5 rings (SSSR count). The lowest BCUT2D eigenvalue weighted by atomic mass is 9.96. The van der Waals surface area contributed by atoms with Crippen LogP contribution in [0.4, 0.5) is 0 Å². The smallest absolute Gasteiger partial charge is 0.252 e. The molecule has 1 aromatic heterocycles. The van der Waals surface area contributed by atoms with Crippen LogP contribution in [0.15, 0.2) is 30.5 Å². The summed E-state index contributed by atoms with van der Waals surface area (Å²) >= 11 is 0. The second-order valence-corrected chi connectivity index (χ2v) is 8.28. The van der Waals surface area contributed by atoms with Crippen LogP contribution >= 0.6 is 0 Å². The van der Waals surface area contributed by atoms with Crippen molar-refractivity contribution in [2.24, 2.45) is 5.92 Å². The van der Waals surface area contributed by atoms with E-state index >= 15 is 0 Å². The summed E-state index contributed by atoms with van der Waals surface area (Å²) in [7, 11) is 0. The van der Waals surface area contributed by atoms with Crippen molar-refractivity contribution >= 4 is 11.8 Å². The van der Waals surface area contributed by atoms with E-state index in [0.29, 0.717) is 23.8 Å². The average molecular weight is 379 g/mol. The minimum Gasteiger partial charge on any atom is -0.345 e. The molecule has 2 fully saturated rings. The lowest BCUT2D eigenvalue weighted by molar-refractivity contribution is -0.133. The standard InChI is InChI=1S/C21H25N5O2/c27-20(11-18-16-3-1-2-4-17(16)21(28)22-18)25-9-7-14(8-10-25)12-26-13-19(23-24-26)15-5-6-15/h1-4,13-15,18H,5-12H2,(H,22,28)/t18-/m1/s1. The molecule has 7 nitrogen and oxygen atoms in total. The largest absolute Gasteiger partial charge is 0.345 e. The molecule has 146 valence electrons. The maximum atomic E-state index is 12.8. The number of nitrogens with zero attached hydrogens (tertiary/aromatic N) is 4. The van der Waals surface area contributed by atoms with Crippen molar-refractivity contribution in [1.29, 1.82) is 0 Å². The SMILES string of the molecule is O=C1N[C@H](CC(=O)N2CCC(Cn3cc(C4CC4)nn3)CC2)c2ccccc21. The van der Waals surface area contributed by atoms with Gasteiger partial charge in [-0.2, -0.15) is 0 Å². The molecule has 1 atom stereocenters. The molecular weight excluding hydrogens is 354 g/mol. The Hall–Kier alpha value is -2.70. The maximum absolute atomic E-state index is 12.8. The Bertz CT molecular complexity index is 896. The van der Waals surface area contributed by atoms with Gasteiger partial charge in [-0.1, -0.05) is 23.4 Å². The monoisotopic (exact) mass is 379 g/mol. The zero-order valence-electron chi connectivity index (χ0n) is 15.9. The normalized spacial score (nSPS) is 22.2. The predicted molar refractivity (Wildman–Crippen MR) is 103 cm³/mol. The van der Waals surface area contributed by atoms with E-state index in [9.17, 15) is 9.59 Å². The van der Waals surface area contributed by atoms with Gasteiger partial charge in [-0.3, -0.25) is 14.3 Å². The van der Waals surface area contributed by atoms with Crippen LogP contribution in [0.25, 0.3) is 0 Å². The molecule has 1 N–H and O–H groups in total. The minimum atomic E-state index is -0.204. The molecule has 0 unspecified atom stereocenters. The van der Waals surface area contributed by atoms with Crippen LogP contribution in [0.5, 0.6) is 0 Å². The number of amides is 2. The third-order valence-electron chi connectivity index (χ3n) is 6.23. The summed E-state index contributed by atoms with van der Waals surface area (Å²) in [5.41, 5.74) is 2.76. The number of likely N-dealkylation sites (tertiary alicyclic amines) is 1. The molecule has 0 radical (unpaired) electrons. The number of benzene rings is 1. The Morgan fingerprint density at radius 3 is 2.71 bits per heavy atom. The van der Waals surface area contributed by atoms with Gasteiger partial charge in [0.2, 0.25) is 5.91 Å². The Morgan fingerprint density at radius 2 is 1.93 bits per heavy atom. The molecule has 2 aliphatic heterocycles. The van der Waals surface area contributed by atoms with Crippen molar-refractivity contribution in [1.82, 2.24) is 25.2 Å². The minimum absolute atomic E-state index is 0.0782. The summed E-state index contributed by atoms with van der Waals surface area (Å²) < 4.78 is 1.97. The number of hydrogen-bond donors (Lipinski definition) is 1. The first-order valence-corrected chi connectivity index (χ1v) is 10.2. The van der Waals surface area contributed by atoms with E-state index < -0.39 is 0 Å². The second kappa shape index (κ2) is 7.04. The number of piperidine rings is 1. The molecule has 0 spiro atoms. The number of fused-ring (bicyclic) bond motifs is 1. The number of rotatable bonds is 5. The van der Waals surface area contributed by atoms with Crippen LogP contribution in [0.1, 0.15) is 65.7 Å². The third kappa shape index (κ3) is 3.41. The highest BCUT2D eigenvalue weighted by atomic mass is 16.2. The van der Waals surface area contributed by atoms with Gasteiger partial charge in [0.05, 0.1) is 18.2 Å². The highest BCUT2D eigenvalue weighted by Gasteiger charge is 2.32. The highest BCUT2D eigenvalue weighted by molar-refractivity contribution is 5.99. The zero-order chi connectivity index (χ0) is 19.1. The van der Waals surface area contributed by atoms with Crippen LogP contribution in [-0.2, 0) is 11.3 Å². The van der Waals surface area contributed by atoms with Gasteiger partial charge < -0.3 is 10.2 Å². The number of aromatic nitrogens is 3. The van der Waals surface area contributed by atoms with Crippen molar-refractivity contribution in [3.05, 3.63) is 47.3 Å². The van der Waals surface area contributed by atoms with E-state index in [1.165, 1.54) is 12.8 Å². The molecule has 3 heterocycles. The molecule has 7 heteroatoms. The summed E-state index contributed by atoms with van der Waals surface area (Å²) in [4.78, 5) is 26.8. The summed E-state index contributed by atoms with van der Waals surface area (Å²) in [6.07, 6.45) is 6.88. The van der Waals surface area contributed by atoms with Gasteiger partial charge in [0.15, 0.2) is 0 Å². The fourth-order valence-electron chi connectivity index (χ4n) is 4.38. The van der Waals surface area contributed by atoms with Gasteiger partial charge in [-0.05, 0) is 43.2 Å². The first kappa shape index (κ1) is 17.4. The Labute approximate surface area is 164 Å². The van der Waals surface area contributed by atoms with Crippen molar-refractivity contribution in [2.45, 2.75) is 50.6 Å². The van der Waals surface area contributed by atoms with Gasteiger partial charge in [-0.15, -0.1) is 5.10 Å². The molecule has 0 bridgehead atoms. The summed E-state index contributed by atoms with van der Waals surface area (Å²) in [5, 5.41) is 11.5. The first-order chi connectivity index (χ1) is 13.7. The van der Waals surface area contributed by atoms with E-state index in [1.807, 2.05) is 33.8 Å². The summed E-state index contributed by atoms with van der Waals surface area (Å²) in [6, 6.07) is 7.33. The number of hydrogen-bond acceptors (Lipinski definition) is 4. The van der Waals surface area contributed by atoms with E-state index in [2.05, 4.69) is 21.8 Å². The second-order valence-electron chi connectivity index (χ2n) is 8.28. The van der Waals surface area contributed by atoms with Crippen LogP contribution < -0.4 is 5.32 Å². The summed E-state index contributed by atoms with van der Waals surface area (Å²) in [6.45, 7) is 2.43. The van der Waals surface area contributed by atoms with Gasteiger partial charge in [0, 0.05) is 37.3 Å². The third-order valence-corrected chi connectivity index (χ3v) is 6.23. The van der Waals surface area contributed by atoms with Crippen molar-refractivity contribution in [2.75, 3.05) is 13.1 Å². The van der Waals surface area contributed by atoms with Crippen molar-refractivity contribution in [3.63, 3.8) is 0 Å². The fraction of sp³-hybridized carbons (Fsp3) is 0.524. The number of nitrogens with one attached hydrogen (secondary N) is 1. The van der Waals surface area contributed by atoms with Crippen molar-refractivity contribution in [3.8, 4) is 0 Å². The van der Waals surface area contributed by atoms with Gasteiger partial charge in [0.25, 0.3) is 5.91 Å².